The first-order valence-electron chi connectivity index (χ1n) is 9.29. The van der Waals surface area contributed by atoms with E-state index in [1.54, 1.807) is 0 Å². The molecule has 0 bridgehead atoms. The van der Waals surface area contributed by atoms with E-state index in [1.165, 1.54) is 7.11 Å². The highest BCUT2D eigenvalue weighted by Gasteiger charge is 2.20. The normalized spacial score (nSPS) is 10.6. The van der Waals surface area contributed by atoms with E-state index in [0.717, 1.165) is 24.3 Å². The molecule has 0 aliphatic rings. The van der Waals surface area contributed by atoms with Gasteiger partial charge in [-0.05, 0) is 6.42 Å². The van der Waals surface area contributed by atoms with Gasteiger partial charge in [0.2, 0.25) is 23.5 Å². The fraction of sp³-hybridized carbons (Fsp3) is 0.389. The van der Waals surface area contributed by atoms with Crippen molar-refractivity contribution >= 4 is 18.3 Å². The molecule has 2 aromatic heterocycles. The minimum atomic E-state index is -1.33. The molecule has 0 amide bonds. The maximum absolute atomic E-state index is 11.8. The molecule has 2 rings (SSSR count). The van der Waals surface area contributed by atoms with Crippen LogP contribution in [0.5, 0.6) is 23.5 Å². The van der Waals surface area contributed by atoms with Gasteiger partial charge >= 0.3 is 18.3 Å². The molecular formula is C18H22N2O13. The SMILES string of the molecule is COC(=O)CCCOC(COC(=O)On1c(O)ccc1O)COC(=O)On1c(O)ccc1O. The Morgan fingerprint density at radius 3 is 1.64 bits per heavy atom. The van der Waals surface area contributed by atoms with Crippen LogP contribution in [0.3, 0.4) is 0 Å². The lowest BCUT2D eigenvalue weighted by Gasteiger charge is -2.18. The van der Waals surface area contributed by atoms with Crippen LogP contribution in [0.25, 0.3) is 0 Å². The smallest absolute Gasteiger partial charge is 0.492 e. The largest absolute Gasteiger partial charge is 0.534 e. The van der Waals surface area contributed by atoms with E-state index in [9.17, 15) is 34.8 Å². The molecule has 0 aromatic carbocycles. The van der Waals surface area contributed by atoms with Crippen LogP contribution in [-0.4, -0.2) is 81.2 Å². The molecule has 2 heterocycles. The number of methoxy groups -OCH3 is 1. The van der Waals surface area contributed by atoms with Crippen molar-refractivity contribution < 1.29 is 63.4 Å². The summed E-state index contributed by atoms with van der Waals surface area (Å²) in [7, 11) is 1.23. The molecule has 15 nitrogen and oxygen atoms in total. The van der Waals surface area contributed by atoms with Crippen molar-refractivity contribution in [1.29, 1.82) is 0 Å². The molecule has 0 saturated carbocycles. The van der Waals surface area contributed by atoms with Gasteiger partial charge in [-0.25, -0.2) is 9.59 Å². The van der Waals surface area contributed by atoms with Gasteiger partial charge < -0.3 is 39.4 Å². The number of aromatic hydroxyl groups is 4. The van der Waals surface area contributed by atoms with Crippen LogP contribution in [0.2, 0.25) is 0 Å². The van der Waals surface area contributed by atoms with Crippen molar-refractivity contribution in [3.63, 3.8) is 0 Å². The number of carbonyl (C=O) groups is 3. The maximum atomic E-state index is 11.8. The molecular weight excluding hydrogens is 452 g/mol. The first-order valence-corrected chi connectivity index (χ1v) is 9.29. The van der Waals surface area contributed by atoms with Crippen molar-refractivity contribution in [2.75, 3.05) is 26.9 Å². The van der Waals surface area contributed by atoms with E-state index < -0.39 is 61.1 Å². The van der Waals surface area contributed by atoms with Crippen molar-refractivity contribution in [2.24, 2.45) is 0 Å². The van der Waals surface area contributed by atoms with Gasteiger partial charge in [-0.1, -0.05) is 0 Å². The molecule has 4 N–H and O–H groups in total. The number of hydrogen-bond donors (Lipinski definition) is 4. The molecule has 0 fully saturated rings. The van der Waals surface area contributed by atoms with Crippen LogP contribution < -0.4 is 9.68 Å². The zero-order chi connectivity index (χ0) is 24.4. The van der Waals surface area contributed by atoms with Gasteiger partial charge in [0.25, 0.3) is 0 Å². The summed E-state index contributed by atoms with van der Waals surface area (Å²) in [6.07, 6.45) is -3.42. The van der Waals surface area contributed by atoms with E-state index in [4.69, 9.17) is 14.2 Å². The summed E-state index contributed by atoms with van der Waals surface area (Å²) >= 11 is 0. The number of hydrogen-bond acceptors (Lipinski definition) is 13. The molecule has 0 atom stereocenters. The first-order chi connectivity index (χ1) is 15.7. The van der Waals surface area contributed by atoms with E-state index in [0.29, 0.717) is 9.46 Å². The molecule has 0 aliphatic heterocycles. The average molecular weight is 474 g/mol. The number of rotatable bonds is 11. The van der Waals surface area contributed by atoms with Gasteiger partial charge in [0.1, 0.15) is 19.3 Å². The standard InChI is InChI=1S/C18H22N2O13/c1-28-16(25)3-2-8-29-11(9-30-17(26)32-19-12(21)4-5-13(19)22)10-31-18(27)33-20-14(23)6-7-15(20)24/h4-7,11,21-24H,2-3,8-10H2,1H3. The monoisotopic (exact) mass is 474 g/mol. The number of ether oxygens (including phenoxy) is 4. The minimum absolute atomic E-state index is 0.00502. The minimum Gasteiger partial charge on any atom is -0.492 e. The highest BCUT2D eigenvalue weighted by Crippen LogP contribution is 2.19. The molecule has 2 aromatic rings. The second-order valence-corrected chi connectivity index (χ2v) is 6.17. The molecule has 0 spiro atoms. The summed E-state index contributed by atoms with van der Waals surface area (Å²) in [5, 5.41) is 37.8. The fourth-order valence-electron chi connectivity index (χ4n) is 2.23. The highest BCUT2D eigenvalue weighted by atomic mass is 16.8. The Balaban J connectivity index is 1.87. The summed E-state index contributed by atoms with van der Waals surface area (Å²) < 4.78 is 20.4. The third-order valence-corrected chi connectivity index (χ3v) is 3.81. The van der Waals surface area contributed by atoms with Crippen molar-refractivity contribution in [1.82, 2.24) is 9.46 Å². The summed E-state index contributed by atoms with van der Waals surface area (Å²) in [5.74, 6) is -2.73. The first kappa shape index (κ1) is 25.0. The van der Waals surface area contributed by atoms with Gasteiger partial charge in [0, 0.05) is 37.3 Å². The quantitative estimate of drug-likeness (QED) is 0.197. The number of aromatic nitrogens is 2. The van der Waals surface area contributed by atoms with E-state index in [1.807, 2.05) is 0 Å². The Hall–Kier alpha value is -4.27. The van der Waals surface area contributed by atoms with Gasteiger partial charge in [-0.2, -0.15) is 0 Å². The zero-order valence-corrected chi connectivity index (χ0v) is 17.3. The van der Waals surface area contributed by atoms with Crippen LogP contribution in [-0.2, 0) is 23.7 Å². The predicted octanol–water partition coefficient (Wildman–Crippen LogP) is 0.281. The van der Waals surface area contributed by atoms with Gasteiger partial charge in [0.05, 0.1) is 7.11 Å². The molecule has 0 saturated heterocycles. The van der Waals surface area contributed by atoms with E-state index in [-0.39, 0.29) is 19.4 Å². The van der Waals surface area contributed by atoms with Crippen LogP contribution in [0, 0.1) is 0 Å². The molecule has 0 aliphatic carbocycles. The molecule has 0 unspecified atom stereocenters. The Kier molecular flexibility index (Phi) is 9.05. The lowest BCUT2D eigenvalue weighted by molar-refractivity contribution is -0.141. The summed E-state index contributed by atoms with van der Waals surface area (Å²) in [6, 6.07) is 4.26. The van der Waals surface area contributed by atoms with Crippen LogP contribution in [0.15, 0.2) is 24.3 Å². The second-order valence-electron chi connectivity index (χ2n) is 6.17. The Bertz CT molecular complexity index is 848. The molecule has 182 valence electrons. The van der Waals surface area contributed by atoms with Crippen LogP contribution in [0.1, 0.15) is 12.8 Å². The highest BCUT2D eigenvalue weighted by molar-refractivity contribution is 5.69. The number of carbonyl (C=O) groups excluding carboxylic acids is 3. The summed E-state index contributed by atoms with van der Waals surface area (Å²) in [5.41, 5.74) is 0. The Morgan fingerprint density at radius 2 is 1.24 bits per heavy atom. The fourth-order valence-corrected chi connectivity index (χ4v) is 2.23. The van der Waals surface area contributed by atoms with Crippen molar-refractivity contribution in [3.05, 3.63) is 24.3 Å². The van der Waals surface area contributed by atoms with E-state index >= 15 is 0 Å². The average Bonchev–Trinajstić information content (AvgIpc) is 3.27. The zero-order valence-electron chi connectivity index (χ0n) is 17.3. The maximum Gasteiger partial charge on any atom is 0.534 e. The van der Waals surface area contributed by atoms with Gasteiger partial charge in [0.15, 0.2) is 0 Å². The predicted molar refractivity (Wildman–Crippen MR) is 102 cm³/mol. The second kappa shape index (κ2) is 11.9. The Morgan fingerprint density at radius 1 is 0.818 bits per heavy atom. The molecule has 33 heavy (non-hydrogen) atoms. The molecule has 0 radical (unpaired) electrons. The lowest BCUT2D eigenvalue weighted by atomic mass is 10.3. The number of esters is 1. The molecule has 15 heteroatoms. The van der Waals surface area contributed by atoms with Gasteiger partial charge in [-0.15, -0.1) is 9.46 Å². The van der Waals surface area contributed by atoms with Crippen LogP contribution in [0.4, 0.5) is 9.59 Å². The Labute approximate surface area is 185 Å². The lowest BCUT2D eigenvalue weighted by Crippen LogP contribution is -2.32. The summed E-state index contributed by atoms with van der Waals surface area (Å²) in [4.78, 5) is 44.0. The van der Waals surface area contributed by atoms with Crippen LogP contribution >= 0.6 is 0 Å². The summed E-state index contributed by atoms with van der Waals surface area (Å²) in [6.45, 7) is -1.02. The number of nitrogens with zero attached hydrogens (tertiary/aromatic N) is 2. The van der Waals surface area contributed by atoms with E-state index in [2.05, 4.69) is 14.4 Å². The van der Waals surface area contributed by atoms with Gasteiger partial charge in [-0.3, -0.25) is 14.5 Å². The van der Waals surface area contributed by atoms with Crippen molar-refractivity contribution in [2.45, 2.75) is 18.9 Å². The third kappa shape index (κ3) is 7.73. The topological polar surface area (TPSA) is 197 Å². The van der Waals surface area contributed by atoms with Crippen molar-refractivity contribution in [3.8, 4) is 23.5 Å². The third-order valence-electron chi connectivity index (χ3n) is 3.81.